The molecular weight excluding hydrogens is 388 g/mol. The van der Waals surface area contributed by atoms with Crippen molar-refractivity contribution in [1.82, 2.24) is 9.62 Å². The van der Waals surface area contributed by atoms with E-state index in [0.717, 1.165) is 0 Å². The number of benzene rings is 2. The Balaban J connectivity index is 1.58. The molecule has 0 unspecified atom stereocenters. The van der Waals surface area contributed by atoms with Crippen LogP contribution in [0.4, 0.5) is 0 Å². The number of hydrogen-bond donors (Lipinski definition) is 1. The van der Waals surface area contributed by atoms with Crippen LogP contribution in [0.25, 0.3) is 0 Å². The number of methoxy groups -OCH3 is 1. The molecule has 8 heteroatoms. The number of carbonyl (C=O) groups is 1. The summed E-state index contributed by atoms with van der Waals surface area (Å²) in [6.07, 6.45) is 1.13. The van der Waals surface area contributed by atoms with E-state index in [1.807, 2.05) is 0 Å². The van der Waals surface area contributed by atoms with Crippen LogP contribution in [0.5, 0.6) is 5.75 Å². The van der Waals surface area contributed by atoms with Gasteiger partial charge in [-0.3, -0.25) is 4.79 Å². The number of amides is 1. The van der Waals surface area contributed by atoms with E-state index in [4.69, 9.17) is 16.3 Å². The highest BCUT2D eigenvalue weighted by molar-refractivity contribution is 7.89. The van der Waals surface area contributed by atoms with Gasteiger partial charge in [0.1, 0.15) is 5.75 Å². The summed E-state index contributed by atoms with van der Waals surface area (Å²) < 4.78 is 32.8. The van der Waals surface area contributed by atoms with E-state index in [1.54, 1.807) is 41.3 Å². The zero-order chi connectivity index (χ0) is 19.4. The number of nitrogens with zero attached hydrogens (tertiary/aromatic N) is 1. The lowest BCUT2D eigenvalue weighted by atomic mass is 10.0. The molecular formula is C19H21ClN2O4S. The molecule has 1 aliphatic rings. The summed E-state index contributed by atoms with van der Waals surface area (Å²) >= 11 is 5.85. The average molecular weight is 409 g/mol. The van der Waals surface area contributed by atoms with E-state index in [1.165, 1.54) is 19.2 Å². The van der Waals surface area contributed by atoms with Crippen molar-refractivity contribution in [2.45, 2.75) is 23.8 Å². The van der Waals surface area contributed by atoms with Gasteiger partial charge in [-0.25, -0.2) is 13.1 Å². The standard InChI is InChI=1S/C19H21ClN2O4S/c1-26-17-6-8-18(9-7-17)27(24,25)21-16-10-12-22(13-11-16)19(23)14-2-4-15(20)5-3-14/h2-9,16,21H,10-13H2,1H3. The van der Waals surface area contributed by atoms with Gasteiger partial charge in [-0.15, -0.1) is 0 Å². The molecule has 1 N–H and O–H groups in total. The first kappa shape index (κ1) is 19.7. The van der Waals surface area contributed by atoms with Crippen molar-refractivity contribution >= 4 is 27.5 Å². The molecule has 27 heavy (non-hydrogen) atoms. The largest absolute Gasteiger partial charge is 0.497 e. The summed E-state index contributed by atoms with van der Waals surface area (Å²) in [7, 11) is -2.07. The van der Waals surface area contributed by atoms with Gasteiger partial charge in [-0.1, -0.05) is 11.6 Å². The van der Waals surface area contributed by atoms with Crippen molar-refractivity contribution in [1.29, 1.82) is 0 Å². The second-order valence-corrected chi connectivity index (χ2v) is 8.52. The van der Waals surface area contributed by atoms with Crippen molar-refractivity contribution < 1.29 is 17.9 Å². The van der Waals surface area contributed by atoms with Crippen molar-refractivity contribution in [2.24, 2.45) is 0 Å². The van der Waals surface area contributed by atoms with Crippen molar-refractivity contribution in [2.75, 3.05) is 20.2 Å². The fraction of sp³-hybridized carbons (Fsp3) is 0.316. The molecule has 1 heterocycles. The van der Waals surface area contributed by atoms with E-state index in [9.17, 15) is 13.2 Å². The number of sulfonamides is 1. The first-order valence-electron chi connectivity index (χ1n) is 8.60. The van der Waals surface area contributed by atoms with Gasteiger partial charge in [-0.2, -0.15) is 0 Å². The van der Waals surface area contributed by atoms with Crippen LogP contribution in [-0.4, -0.2) is 45.5 Å². The molecule has 0 atom stereocenters. The smallest absolute Gasteiger partial charge is 0.253 e. The number of halogens is 1. The summed E-state index contributed by atoms with van der Waals surface area (Å²) in [6, 6.07) is 12.8. The minimum Gasteiger partial charge on any atom is -0.497 e. The lowest BCUT2D eigenvalue weighted by molar-refractivity contribution is 0.0711. The predicted molar refractivity (Wildman–Crippen MR) is 104 cm³/mol. The fourth-order valence-electron chi connectivity index (χ4n) is 3.02. The van der Waals surface area contributed by atoms with E-state index in [-0.39, 0.29) is 16.8 Å². The zero-order valence-electron chi connectivity index (χ0n) is 14.9. The Bertz CT molecular complexity index is 890. The number of carbonyl (C=O) groups excluding carboxylic acids is 1. The third-order valence-corrected chi connectivity index (χ3v) is 6.35. The average Bonchev–Trinajstić information content (AvgIpc) is 2.68. The lowest BCUT2D eigenvalue weighted by Gasteiger charge is -2.32. The molecule has 0 radical (unpaired) electrons. The van der Waals surface area contributed by atoms with Crippen LogP contribution in [0, 0.1) is 0 Å². The molecule has 0 spiro atoms. The van der Waals surface area contributed by atoms with Gasteiger partial charge >= 0.3 is 0 Å². The Morgan fingerprint density at radius 3 is 2.22 bits per heavy atom. The Morgan fingerprint density at radius 1 is 1.07 bits per heavy atom. The van der Waals surface area contributed by atoms with Gasteiger partial charge in [0.05, 0.1) is 12.0 Å². The van der Waals surface area contributed by atoms with Crippen LogP contribution in [0.1, 0.15) is 23.2 Å². The molecule has 3 rings (SSSR count). The molecule has 1 saturated heterocycles. The Labute approximate surface area is 164 Å². The van der Waals surface area contributed by atoms with Gasteiger partial charge in [0.2, 0.25) is 10.0 Å². The molecule has 2 aromatic rings. The van der Waals surface area contributed by atoms with Gasteiger partial charge in [-0.05, 0) is 61.4 Å². The molecule has 144 valence electrons. The topological polar surface area (TPSA) is 75.7 Å². The highest BCUT2D eigenvalue weighted by atomic mass is 35.5. The van der Waals surface area contributed by atoms with Crippen LogP contribution in [0.15, 0.2) is 53.4 Å². The minimum absolute atomic E-state index is 0.0665. The van der Waals surface area contributed by atoms with Crippen molar-refractivity contribution in [3.05, 3.63) is 59.1 Å². The van der Waals surface area contributed by atoms with E-state index >= 15 is 0 Å². The van der Waals surface area contributed by atoms with Crippen LogP contribution in [-0.2, 0) is 10.0 Å². The molecule has 1 amide bonds. The second-order valence-electron chi connectivity index (χ2n) is 6.37. The van der Waals surface area contributed by atoms with Crippen LogP contribution in [0.3, 0.4) is 0 Å². The number of likely N-dealkylation sites (tertiary alicyclic amines) is 1. The third-order valence-electron chi connectivity index (χ3n) is 4.56. The van der Waals surface area contributed by atoms with Crippen molar-refractivity contribution in [3.8, 4) is 5.75 Å². The normalized spacial score (nSPS) is 15.6. The van der Waals surface area contributed by atoms with E-state index in [0.29, 0.717) is 42.3 Å². The third kappa shape index (κ3) is 4.80. The second kappa shape index (κ2) is 8.29. The quantitative estimate of drug-likeness (QED) is 0.825. The first-order chi connectivity index (χ1) is 12.9. The summed E-state index contributed by atoms with van der Waals surface area (Å²) in [4.78, 5) is 14.5. The van der Waals surface area contributed by atoms with Crippen molar-refractivity contribution in [3.63, 3.8) is 0 Å². The van der Waals surface area contributed by atoms with Gasteiger partial charge < -0.3 is 9.64 Å². The lowest BCUT2D eigenvalue weighted by Crippen LogP contribution is -2.46. The van der Waals surface area contributed by atoms with Gasteiger partial charge in [0.15, 0.2) is 0 Å². The summed E-state index contributed by atoms with van der Waals surface area (Å²) in [5.41, 5.74) is 0.580. The maximum atomic E-state index is 12.5. The number of ether oxygens (including phenoxy) is 1. The van der Waals surface area contributed by atoms with Gasteiger partial charge in [0, 0.05) is 29.7 Å². The summed E-state index contributed by atoms with van der Waals surface area (Å²) in [5.74, 6) is 0.533. The molecule has 1 fully saturated rings. The monoisotopic (exact) mass is 408 g/mol. The summed E-state index contributed by atoms with van der Waals surface area (Å²) in [6.45, 7) is 0.995. The highest BCUT2D eigenvalue weighted by Crippen LogP contribution is 2.19. The summed E-state index contributed by atoms with van der Waals surface area (Å²) in [5, 5.41) is 0.582. The molecule has 1 aliphatic heterocycles. The zero-order valence-corrected chi connectivity index (χ0v) is 16.5. The SMILES string of the molecule is COc1ccc(S(=O)(=O)NC2CCN(C(=O)c3ccc(Cl)cc3)CC2)cc1. The first-order valence-corrected chi connectivity index (χ1v) is 10.5. The number of nitrogens with one attached hydrogen (secondary N) is 1. The number of hydrogen-bond acceptors (Lipinski definition) is 4. The van der Waals surface area contributed by atoms with Crippen LogP contribution < -0.4 is 9.46 Å². The maximum absolute atomic E-state index is 12.5. The Kier molecular flexibility index (Phi) is 6.04. The number of rotatable bonds is 5. The molecule has 0 aliphatic carbocycles. The minimum atomic E-state index is -3.60. The molecule has 0 aromatic heterocycles. The predicted octanol–water partition coefficient (Wildman–Crippen LogP) is 2.93. The molecule has 6 nitrogen and oxygen atoms in total. The molecule has 0 saturated carbocycles. The Morgan fingerprint density at radius 2 is 1.67 bits per heavy atom. The number of piperidine rings is 1. The van der Waals surface area contributed by atoms with E-state index in [2.05, 4.69) is 4.72 Å². The maximum Gasteiger partial charge on any atom is 0.253 e. The molecule has 2 aromatic carbocycles. The van der Waals surface area contributed by atoms with Gasteiger partial charge in [0.25, 0.3) is 5.91 Å². The highest BCUT2D eigenvalue weighted by Gasteiger charge is 2.27. The Hall–Kier alpha value is -2.09. The fourth-order valence-corrected chi connectivity index (χ4v) is 4.45. The molecule has 0 bridgehead atoms. The van der Waals surface area contributed by atoms with Crippen LogP contribution >= 0.6 is 11.6 Å². The van der Waals surface area contributed by atoms with E-state index < -0.39 is 10.0 Å². The van der Waals surface area contributed by atoms with Crippen LogP contribution in [0.2, 0.25) is 5.02 Å².